The zero-order chi connectivity index (χ0) is 10.2. The summed E-state index contributed by atoms with van der Waals surface area (Å²) in [6.45, 7) is 3.40. The molecule has 4 heteroatoms. The van der Waals surface area contributed by atoms with Crippen molar-refractivity contribution in [2.24, 2.45) is 0 Å². The molecule has 0 radical (unpaired) electrons. The molecule has 0 saturated carbocycles. The van der Waals surface area contributed by atoms with Gasteiger partial charge in [-0.15, -0.1) is 0 Å². The Morgan fingerprint density at radius 2 is 2.36 bits per heavy atom. The quantitative estimate of drug-likeness (QED) is 0.686. The molecule has 0 bridgehead atoms. The van der Waals surface area contributed by atoms with Gasteiger partial charge in [0.25, 0.3) is 0 Å². The fourth-order valence-corrected chi connectivity index (χ4v) is 1.75. The largest absolute Gasteiger partial charge is 0.388 e. The van der Waals surface area contributed by atoms with E-state index < -0.39 is 5.60 Å². The van der Waals surface area contributed by atoms with E-state index in [0.717, 1.165) is 18.7 Å². The molecule has 1 atom stereocenters. The standard InChI is InChI=1S/C10H15N3O/c1-10(14)4-5-13(7-10)8-2-3-9(11)12-6-8/h2-3,6,14H,4-5,7H2,1H3,(H2,11,12). The number of nitrogens with zero attached hydrogens (tertiary/aromatic N) is 2. The van der Waals surface area contributed by atoms with Crippen molar-refractivity contribution in [1.82, 2.24) is 4.98 Å². The number of nitrogens with two attached hydrogens (primary N) is 1. The molecule has 1 aliphatic heterocycles. The topological polar surface area (TPSA) is 62.4 Å². The number of β-amino-alcohol motifs (C(OH)–C–C–N with tert-alkyl or cyclic N) is 1. The van der Waals surface area contributed by atoms with Crippen molar-refractivity contribution >= 4 is 11.5 Å². The van der Waals surface area contributed by atoms with Crippen LogP contribution in [0.5, 0.6) is 0 Å². The summed E-state index contributed by atoms with van der Waals surface area (Å²) in [5.74, 6) is 0.528. The van der Waals surface area contributed by atoms with Gasteiger partial charge in [0.05, 0.1) is 17.5 Å². The maximum absolute atomic E-state index is 9.79. The Kier molecular flexibility index (Phi) is 2.07. The van der Waals surface area contributed by atoms with Crippen LogP contribution in [0.15, 0.2) is 18.3 Å². The number of aromatic nitrogens is 1. The molecule has 2 rings (SSSR count). The Labute approximate surface area is 83.4 Å². The maximum Gasteiger partial charge on any atom is 0.123 e. The summed E-state index contributed by atoms with van der Waals surface area (Å²) in [4.78, 5) is 6.14. The lowest BCUT2D eigenvalue weighted by Crippen LogP contribution is -2.29. The van der Waals surface area contributed by atoms with E-state index in [1.807, 2.05) is 13.0 Å². The first-order chi connectivity index (χ1) is 6.57. The second-order valence-corrected chi connectivity index (χ2v) is 4.11. The Hall–Kier alpha value is -1.29. The lowest BCUT2D eigenvalue weighted by atomic mass is 10.1. The summed E-state index contributed by atoms with van der Waals surface area (Å²) < 4.78 is 0. The van der Waals surface area contributed by atoms with E-state index in [9.17, 15) is 5.11 Å². The highest BCUT2D eigenvalue weighted by Crippen LogP contribution is 2.25. The first-order valence-corrected chi connectivity index (χ1v) is 4.76. The second kappa shape index (κ2) is 3.13. The van der Waals surface area contributed by atoms with Crippen LogP contribution < -0.4 is 10.6 Å². The molecular formula is C10H15N3O. The molecule has 1 unspecified atom stereocenters. The van der Waals surface area contributed by atoms with Crippen LogP contribution in [-0.2, 0) is 0 Å². The molecule has 76 valence electrons. The average Bonchev–Trinajstić information content (AvgIpc) is 2.47. The van der Waals surface area contributed by atoms with E-state index in [4.69, 9.17) is 5.73 Å². The van der Waals surface area contributed by atoms with Gasteiger partial charge in [-0.1, -0.05) is 0 Å². The Balaban J connectivity index is 2.14. The number of aliphatic hydroxyl groups is 1. The van der Waals surface area contributed by atoms with Crippen molar-refractivity contribution in [3.05, 3.63) is 18.3 Å². The highest BCUT2D eigenvalue weighted by Gasteiger charge is 2.31. The number of hydrogen-bond acceptors (Lipinski definition) is 4. The minimum atomic E-state index is -0.568. The van der Waals surface area contributed by atoms with E-state index >= 15 is 0 Å². The van der Waals surface area contributed by atoms with Crippen LogP contribution in [0.2, 0.25) is 0 Å². The third kappa shape index (κ3) is 1.80. The second-order valence-electron chi connectivity index (χ2n) is 4.11. The van der Waals surface area contributed by atoms with Crippen LogP contribution in [0.1, 0.15) is 13.3 Å². The molecule has 0 aromatic carbocycles. The highest BCUT2D eigenvalue weighted by molar-refractivity contribution is 5.49. The SMILES string of the molecule is CC1(O)CCN(c2ccc(N)nc2)C1. The van der Waals surface area contributed by atoms with Gasteiger partial charge >= 0.3 is 0 Å². The van der Waals surface area contributed by atoms with Crippen LogP contribution in [0.3, 0.4) is 0 Å². The van der Waals surface area contributed by atoms with E-state index in [2.05, 4.69) is 9.88 Å². The first-order valence-electron chi connectivity index (χ1n) is 4.76. The van der Waals surface area contributed by atoms with E-state index in [1.54, 1.807) is 12.3 Å². The maximum atomic E-state index is 9.79. The molecule has 14 heavy (non-hydrogen) atoms. The van der Waals surface area contributed by atoms with Gasteiger partial charge in [0.1, 0.15) is 5.82 Å². The fourth-order valence-electron chi connectivity index (χ4n) is 1.75. The molecule has 2 heterocycles. The average molecular weight is 193 g/mol. The van der Waals surface area contributed by atoms with Gasteiger partial charge in [0, 0.05) is 13.1 Å². The summed E-state index contributed by atoms with van der Waals surface area (Å²) >= 11 is 0. The summed E-state index contributed by atoms with van der Waals surface area (Å²) in [5, 5.41) is 9.79. The number of anilines is 2. The number of nitrogen functional groups attached to an aromatic ring is 1. The smallest absolute Gasteiger partial charge is 0.123 e. The number of hydrogen-bond donors (Lipinski definition) is 2. The lowest BCUT2D eigenvalue weighted by molar-refractivity contribution is 0.0839. The summed E-state index contributed by atoms with van der Waals surface area (Å²) in [5.41, 5.74) is 5.96. The van der Waals surface area contributed by atoms with Crippen LogP contribution in [0.4, 0.5) is 11.5 Å². The molecule has 0 aliphatic carbocycles. The molecule has 1 aromatic rings. The van der Waals surface area contributed by atoms with Gasteiger partial charge < -0.3 is 15.7 Å². The van der Waals surface area contributed by atoms with Gasteiger partial charge in [-0.05, 0) is 25.5 Å². The zero-order valence-corrected chi connectivity index (χ0v) is 8.27. The number of pyridine rings is 1. The number of rotatable bonds is 1. The van der Waals surface area contributed by atoms with E-state index in [1.165, 1.54) is 0 Å². The third-order valence-corrected chi connectivity index (χ3v) is 2.59. The Morgan fingerprint density at radius 1 is 1.57 bits per heavy atom. The van der Waals surface area contributed by atoms with Crippen LogP contribution in [0.25, 0.3) is 0 Å². The minimum Gasteiger partial charge on any atom is -0.388 e. The lowest BCUT2D eigenvalue weighted by Gasteiger charge is -2.20. The van der Waals surface area contributed by atoms with Crippen molar-refractivity contribution in [3.8, 4) is 0 Å². The molecule has 3 N–H and O–H groups in total. The Morgan fingerprint density at radius 3 is 2.86 bits per heavy atom. The fraction of sp³-hybridized carbons (Fsp3) is 0.500. The van der Waals surface area contributed by atoms with Crippen molar-refractivity contribution in [2.75, 3.05) is 23.7 Å². The first kappa shape index (κ1) is 9.27. The van der Waals surface area contributed by atoms with Crippen molar-refractivity contribution < 1.29 is 5.11 Å². The summed E-state index contributed by atoms with van der Waals surface area (Å²) in [6.07, 6.45) is 2.55. The van der Waals surface area contributed by atoms with Crippen molar-refractivity contribution in [2.45, 2.75) is 18.9 Å². The van der Waals surface area contributed by atoms with Crippen LogP contribution in [-0.4, -0.2) is 28.8 Å². The molecule has 0 amide bonds. The van der Waals surface area contributed by atoms with Gasteiger partial charge in [-0.3, -0.25) is 0 Å². The minimum absolute atomic E-state index is 0.528. The predicted molar refractivity (Wildman–Crippen MR) is 56.1 cm³/mol. The van der Waals surface area contributed by atoms with Gasteiger partial charge in [-0.25, -0.2) is 4.98 Å². The zero-order valence-electron chi connectivity index (χ0n) is 8.27. The molecule has 0 spiro atoms. The summed E-state index contributed by atoms with van der Waals surface area (Å²) in [6, 6.07) is 3.71. The third-order valence-electron chi connectivity index (χ3n) is 2.59. The normalized spacial score (nSPS) is 26.9. The molecule has 1 aliphatic rings. The molecule has 1 aromatic heterocycles. The molecule has 1 saturated heterocycles. The van der Waals surface area contributed by atoms with Gasteiger partial charge in [0.15, 0.2) is 0 Å². The van der Waals surface area contributed by atoms with Crippen LogP contribution in [0, 0.1) is 0 Å². The molecule has 4 nitrogen and oxygen atoms in total. The monoisotopic (exact) mass is 193 g/mol. The van der Waals surface area contributed by atoms with Crippen molar-refractivity contribution in [3.63, 3.8) is 0 Å². The molecule has 1 fully saturated rings. The van der Waals surface area contributed by atoms with Crippen molar-refractivity contribution in [1.29, 1.82) is 0 Å². The van der Waals surface area contributed by atoms with E-state index in [-0.39, 0.29) is 0 Å². The van der Waals surface area contributed by atoms with E-state index in [0.29, 0.717) is 12.4 Å². The predicted octanol–water partition coefficient (Wildman–Crippen LogP) is 0.625. The Bertz CT molecular complexity index is 321. The van der Waals surface area contributed by atoms with Gasteiger partial charge in [0.2, 0.25) is 0 Å². The molecular weight excluding hydrogens is 178 g/mol. The summed E-state index contributed by atoms with van der Waals surface area (Å²) in [7, 11) is 0. The highest BCUT2D eigenvalue weighted by atomic mass is 16.3. The van der Waals surface area contributed by atoms with Crippen LogP contribution >= 0.6 is 0 Å². The van der Waals surface area contributed by atoms with Gasteiger partial charge in [-0.2, -0.15) is 0 Å².